The average Bonchev–Trinajstić information content (AvgIpc) is 0.762. The van der Waals surface area contributed by atoms with Gasteiger partial charge in [-0.15, -0.1) is 0 Å². The molecule has 0 bridgehead atoms. The summed E-state index contributed by atoms with van der Waals surface area (Å²) in [4.78, 5) is 51.1. The predicted molar refractivity (Wildman–Crippen MR) is 375 cm³/mol. The summed E-state index contributed by atoms with van der Waals surface area (Å²) in [6, 6.07) is 0. The van der Waals surface area contributed by atoms with E-state index in [0.717, 1.165) is 96.3 Å². The van der Waals surface area contributed by atoms with Gasteiger partial charge >= 0.3 is 25.7 Å². The average molecular weight is 1440 g/mol. The fourth-order valence-electron chi connectivity index (χ4n) is 13.3. The highest BCUT2D eigenvalue weighted by molar-refractivity contribution is 7.47. The van der Waals surface area contributed by atoms with E-state index >= 15 is 0 Å². The summed E-state index contributed by atoms with van der Waals surface area (Å²) in [6.07, 6.45) is 11.6. The third kappa shape index (κ3) is 38.7. The van der Waals surface area contributed by atoms with E-state index in [2.05, 4.69) is 27.7 Å². The number of carbonyl (C=O) groups is 3. The Kier molecular flexibility index (Phi) is 51.0. The number of ether oxygens (including phenoxy) is 7. The minimum Gasteiger partial charge on any atom is -0.463 e. The first-order valence-corrected chi connectivity index (χ1v) is 40.7. The van der Waals surface area contributed by atoms with Crippen molar-refractivity contribution in [1.82, 2.24) is 0 Å². The molecule has 1 saturated carbocycles. The molecule has 3 fully saturated rings. The molecule has 0 radical (unpaired) electrons. The zero-order chi connectivity index (χ0) is 72.6. The monoisotopic (exact) mass is 1440 g/mol. The van der Waals surface area contributed by atoms with Gasteiger partial charge in [0.25, 0.3) is 0 Å². The van der Waals surface area contributed by atoms with Crippen LogP contribution in [0, 0.1) is 5.92 Å². The van der Waals surface area contributed by atoms with Crippen LogP contribution in [0.3, 0.4) is 0 Å². The quantitative estimate of drug-likeness (QED) is 0.0117. The van der Waals surface area contributed by atoms with E-state index in [1.807, 2.05) is 0 Å². The van der Waals surface area contributed by atoms with Gasteiger partial charge in [0.05, 0.1) is 13.2 Å². The van der Waals surface area contributed by atoms with Crippen LogP contribution in [0.15, 0.2) is 0 Å². The normalized spacial score (nSPS) is 27.7. The first-order chi connectivity index (χ1) is 47.7. The molecule has 19 atom stereocenters. The molecule has 0 aromatic carbocycles. The number of hydrogen-bond donors (Lipinski definition) is 11. The van der Waals surface area contributed by atoms with Crippen molar-refractivity contribution in [3.63, 3.8) is 0 Å². The maximum absolute atomic E-state index is 14.4. The zero-order valence-corrected chi connectivity index (χ0v) is 62.1. The lowest BCUT2D eigenvalue weighted by Gasteiger charge is -2.49. The fraction of sp³-hybridized carbons (Fsp3) is 0.959. The lowest BCUT2D eigenvalue weighted by Crippen LogP contribution is -2.69. The number of unbranched alkanes of at least 4 members (excludes halogenated alkanes) is 36. The SMILES string of the molecule is CCCCCCCCCCCCCCCCC(=O)OCC1OC(OC2C(O)C(O)C(O)C(OC3OC(CO)C(O)C(O)C3O)C2OP(=O)(O)OCC(COC(=O)CCCCCCCCC(C)CCCCCCCC)OC(=O)CCCCCCCCCCCCCCCC)C(O)C(O)C1O. The largest absolute Gasteiger partial charge is 0.472 e. The van der Waals surface area contributed by atoms with Gasteiger partial charge in [-0.3, -0.25) is 23.4 Å². The van der Waals surface area contributed by atoms with E-state index in [9.17, 15) is 74.9 Å². The highest BCUT2D eigenvalue weighted by Crippen LogP contribution is 2.49. The van der Waals surface area contributed by atoms with Crippen molar-refractivity contribution >= 4 is 25.7 Å². The van der Waals surface area contributed by atoms with Crippen LogP contribution in [-0.4, -0.2) is 204 Å². The van der Waals surface area contributed by atoms with Gasteiger partial charge in [-0.1, -0.05) is 278 Å². The summed E-state index contributed by atoms with van der Waals surface area (Å²) < 4.78 is 65.2. The van der Waals surface area contributed by atoms with E-state index in [4.69, 9.17) is 42.2 Å². The molecule has 24 nitrogen and oxygen atoms in total. The Balaban J connectivity index is 1.73. The molecule has 0 spiro atoms. The van der Waals surface area contributed by atoms with Gasteiger partial charge in [0.2, 0.25) is 0 Å². The first-order valence-electron chi connectivity index (χ1n) is 39.2. The van der Waals surface area contributed by atoms with Crippen LogP contribution in [0.2, 0.25) is 0 Å². The van der Waals surface area contributed by atoms with E-state index in [-0.39, 0.29) is 19.3 Å². The fourth-order valence-corrected chi connectivity index (χ4v) is 14.3. The number of carbonyl (C=O) groups excluding carboxylic acids is 3. The lowest BCUT2D eigenvalue weighted by atomic mass is 9.84. The summed E-state index contributed by atoms with van der Waals surface area (Å²) in [5.74, 6) is -1.27. The summed E-state index contributed by atoms with van der Waals surface area (Å²) in [6.45, 7) is 5.81. The highest BCUT2D eigenvalue weighted by Gasteiger charge is 2.58. The molecule has 0 amide bonds. The first kappa shape index (κ1) is 91.2. The molecule has 19 unspecified atom stereocenters. The maximum atomic E-state index is 14.4. The van der Waals surface area contributed by atoms with Crippen molar-refractivity contribution in [1.29, 1.82) is 0 Å². The Labute approximate surface area is 593 Å². The van der Waals surface area contributed by atoms with Gasteiger partial charge in [-0.25, -0.2) is 4.57 Å². The molecule has 25 heteroatoms. The Hall–Kier alpha value is -2.04. The molecule has 2 saturated heterocycles. The molecule has 3 rings (SSSR count). The summed E-state index contributed by atoms with van der Waals surface area (Å²) >= 11 is 0. The van der Waals surface area contributed by atoms with Crippen molar-refractivity contribution in [2.75, 3.05) is 26.4 Å². The molecule has 11 N–H and O–H groups in total. The second-order valence-corrected chi connectivity index (χ2v) is 30.1. The molecule has 0 aromatic rings. The lowest BCUT2D eigenvalue weighted by molar-refractivity contribution is -0.360. The van der Waals surface area contributed by atoms with Crippen LogP contribution in [0.5, 0.6) is 0 Å². The van der Waals surface area contributed by atoms with Gasteiger partial charge in [-0.2, -0.15) is 0 Å². The summed E-state index contributed by atoms with van der Waals surface area (Å²) in [5.41, 5.74) is 0. The molecule has 2 heterocycles. The summed E-state index contributed by atoms with van der Waals surface area (Å²) in [5, 5.41) is 110. The van der Waals surface area contributed by atoms with E-state index in [1.165, 1.54) is 154 Å². The van der Waals surface area contributed by atoms with Gasteiger partial charge < -0.3 is 89.1 Å². The van der Waals surface area contributed by atoms with Crippen LogP contribution in [0.25, 0.3) is 0 Å². The Morgan fingerprint density at radius 3 is 1.09 bits per heavy atom. The zero-order valence-electron chi connectivity index (χ0n) is 61.2. The topological polar surface area (TPSA) is 374 Å². The number of aliphatic hydroxyl groups excluding tert-OH is 10. The van der Waals surface area contributed by atoms with Crippen LogP contribution in [0.1, 0.15) is 317 Å². The van der Waals surface area contributed by atoms with E-state index < -0.39 is 156 Å². The molecule has 2 aliphatic heterocycles. The number of esters is 3. The number of aliphatic hydroxyl groups is 10. The molecular formula is C74H139O24P. The number of rotatable bonds is 61. The van der Waals surface area contributed by atoms with Gasteiger partial charge in [0, 0.05) is 19.3 Å². The Bertz CT molecular complexity index is 2060. The third-order valence-corrected chi connectivity index (χ3v) is 20.8. The number of phosphoric ester groups is 1. The molecular weight excluding hydrogens is 1300 g/mol. The smallest absolute Gasteiger partial charge is 0.463 e. The standard InChI is InChI=1S/C74H139O24P/c1-5-8-11-14-17-19-21-23-25-27-29-31-37-43-48-59(77)91-53-57-62(80)64(82)69(87)74(95-57)97-71-67(85)65(83)66(84)70(96-73-68(86)63(81)61(79)56(50-75)94-73)72(71)98-99(88,89)92-52-55(93-60(78)49-44-39-32-30-28-26-24-22-20-18-15-12-9-6-2)51-90-58(76)47-42-38-34-33-36-41-46-54(4)45-40-35-16-13-10-7-3/h54-57,61-75,79-87H,5-53H2,1-4H3,(H,88,89). The molecule has 3 aliphatic rings. The minimum atomic E-state index is -5.69. The highest BCUT2D eigenvalue weighted by atomic mass is 31.2. The van der Waals surface area contributed by atoms with Gasteiger partial charge in [-0.05, 0) is 25.2 Å². The minimum absolute atomic E-state index is 0.0333. The van der Waals surface area contributed by atoms with Crippen LogP contribution in [0.4, 0.5) is 0 Å². The van der Waals surface area contributed by atoms with Crippen molar-refractivity contribution < 1.29 is 117 Å². The van der Waals surface area contributed by atoms with E-state index in [1.54, 1.807) is 0 Å². The van der Waals surface area contributed by atoms with Crippen LogP contribution >= 0.6 is 7.82 Å². The molecule has 0 aromatic heterocycles. The van der Waals surface area contributed by atoms with Crippen molar-refractivity contribution in [3.8, 4) is 0 Å². The van der Waals surface area contributed by atoms with Gasteiger partial charge in [0.15, 0.2) is 18.7 Å². The Morgan fingerprint density at radius 1 is 0.384 bits per heavy atom. The number of phosphoric acid groups is 1. The Morgan fingerprint density at radius 2 is 0.707 bits per heavy atom. The predicted octanol–water partition coefficient (Wildman–Crippen LogP) is 11.2. The van der Waals surface area contributed by atoms with Crippen molar-refractivity contribution in [2.24, 2.45) is 5.92 Å². The molecule has 99 heavy (non-hydrogen) atoms. The summed E-state index contributed by atoms with van der Waals surface area (Å²) in [7, 11) is -5.69. The van der Waals surface area contributed by atoms with Crippen LogP contribution in [-0.2, 0) is 61.2 Å². The molecule has 584 valence electrons. The second-order valence-electron chi connectivity index (χ2n) is 28.7. The number of hydrogen-bond acceptors (Lipinski definition) is 23. The van der Waals surface area contributed by atoms with E-state index in [0.29, 0.717) is 25.2 Å². The van der Waals surface area contributed by atoms with Crippen LogP contribution < -0.4 is 0 Å². The van der Waals surface area contributed by atoms with Crippen molar-refractivity contribution in [3.05, 3.63) is 0 Å². The van der Waals surface area contributed by atoms with Crippen molar-refractivity contribution in [2.45, 2.75) is 421 Å². The maximum Gasteiger partial charge on any atom is 0.472 e. The molecule has 1 aliphatic carbocycles. The van der Waals surface area contributed by atoms with Gasteiger partial charge in [0.1, 0.15) is 98.7 Å². The second kappa shape index (κ2) is 55.4. The third-order valence-electron chi connectivity index (χ3n) is 19.8.